The second kappa shape index (κ2) is 4.80. The van der Waals surface area contributed by atoms with Gasteiger partial charge in [-0.15, -0.1) is 6.58 Å². The molecule has 1 aromatic rings. The predicted molar refractivity (Wildman–Crippen MR) is 59.1 cm³/mol. The van der Waals surface area contributed by atoms with E-state index >= 15 is 0 Å². The van der Waals surface area contributed by atoms with Crippen molar-refractivity contribution in [2.75, 3.05) is 11.9 Å². The Bertz CT molecular complexity index is 331. The van der Waals surface area contributed by atoms with Gasteiger partial charge in [-0.3, -0.25) is 0 Å². The van der Waals surface area contributed by atoms with E-state index < -0.39 is 0 Å². The number of aryl methyl sites for hydroxylation is 1. The van der Waals surface area contributed by atoms with Crippen molar-refractivity contribution in [1.29, 1.82) is 0 Å². The standard InChI is InChI=1S/C12H16FN/c1-9(2)6-7-14-12-8-11(13)5-4-10(12)3/h4-5,8,14H,1,6-7H2,2-3H3. The van der Waals surface area contributed by atoms with Gasteiger partial charge < -0.3 is 5.32 Å². The molecule has 0 aliphatic heterocycles. The fraction of sp³-hybridized carbons (Fsp3) is 0.333. The number of benzene rings is 1. The molecule has 0 aliphatic carbocycles. The molecule has 0 radical (unpaired) electrons. The third kappa shape index (κ3) is 3.21. The molecule has 0 atom stereocenters. The molecule has 0 spiro atoms. The van der Waals surface area contributed by atoms with Crippen LogP contribution in [-0.4, -0.2) is 6.54 Å². The molecule has 1 aromatic carbocycles. The molecule has 14 heavy (non-hydrogen) atoms. The van der Waals surface area contributed by atoms with E-state index in [1.54, 1.807) is 6.07 Å². The lowest BCUT2D eigenvalue weighted by molar-refractivity contribution is 0.628. The summed E-state index contributed by atoms with van der Waals surface area (Å²) in [5.41, 5.74) is 3.06. The predicted octanol–water partition coefficient (Wildman–Crippen LogP) is 3.51. The first-order valence-electron chi connectivity index (χ1n) is 4.74. The highest BCUT2D eigenvalue weighted by Gasteiger charge is 1.98. The van der Waals surface area contributed by atoms with Crippen LogP contribution in [-0.2, 0) is 0 Å². The van der Waals surface area contributed by atoms with Crippen molar-refractivity contribution >= 4 is 5.69 Å². The summed E-state index contributed by atoms with van der Waals surface area (Å²) in [6.45, 7) is 8.56. The Hall–Kier alpha value is -1.31. The Balaban J connectivity index is 2.57. The lowest BCUT2D eigenvalue weighted by Crippen LogP contribution is -2.03. The summed E-state index contributed by atoms with van der Waals surface area (Å²) < 4.78 is 12.9. The maximum absolute atomic E-state index is 12.9. The average molecular weight is 193 g/mol. The van der Waals surface area contributed by atoms with Crippen molar-refractivity contribution in [3.8, 4) is 0 Å². The largest absolute Gasteiger partial charge is 0.384 e. The zero-order chi connectivity index (χ0) is 10.6. The Morgan fingerprint density at radius 2 is 2.21 bits per heavy atom. The van der Waals surface area contributed by atoms with Crippen LogP contribution in [0.3, 0.4) is 0 Å². The smallest absolute Gasteiger partial charge is 0.125 e. The summed E-state index contributed by atoms with van der Waals surface area (Å²) in [7, 11) is 0. The molecule has 1 N–H and O–H groups in total. The Morgan fingerprint density at radius 1 is 1.50 bits per heavy atom. The first kappa shape index (κ1) is 10.8. The number of nitrogens with one attached hydrogen (secondary N) is 1. The fourth-order valence-corrected chi connectivity index (χ4v) is 1.20. The highest BCUT2D eigenvalue weighted by atomic mass is 19.1. The monoisotopic (exact) mass is 193 g/mol. The fourth-order valence-electron chi connectivity index (χ4n) is 1.20. The first-order chi connectivity index (χ1) is 6.59. The molecule has 0 unspecified atom stereocenters. The summed E-state index contributed by atoms with van der Waals surface area (Å²) in [5, 5.41) is 3.18. The van der Waals surface area contributed by atoms with Crippen molar-refractivity contribution < 1.29 is 4.39 Å². The van der Waals surface area contributed by atoms with Crippen LogP contribution >= 0.6 is 0 Å². The summed E-state index contributed by atoms with van der Waals surface area (Å²) in [5.74, 6) is -0.201. The zero-order valence-electron chi connectivity index (χ0n) is 8.73. The average Bonchev–Trinajstić information content (AvgIpc) is 2.10. The van der Waals surface area contributed by atoms with Crippen LogP contribution in [0.25, 0.3) is 0 Å². The normalized spacial score (nSPS) is 9.93. The van der Waals surface area contributed by atoms with Gasteiger partial charge in [0.1, 0.15) is 5.82 Å². The molecule has 0 aliphatic rings. The summed E-state index contributed by atoms with van der Waals surface area (Å²) in [4.78, 5) is 0. The van der Waals surface area contributed by atoms with Crippen LogP contribution < -0.4 is 5.32 Å². The summed E-state index contributed by atoms with van der Waals surface area (Å²) in [6.07, 6.45) is 0.913. The van der Waals surface area contributed by atoms with Crippen molar-refractivity contribution in [1.82, 2.24) is 0 Å². The maximum Gasteiger partial charge on any atom is 0.125 e. The van der Waals surface area contributed by atoms with E-state index in [0.29, 0.717) is 0 Å². The molecule has 76 valence electrons. The van der Waals surface area contributed by atoms with Crippen molar-refractivity contribution in [3.63, 3.8) is 0 Å². The van der Waals surface area contributed by atoms with Crippen molar-refractivity contribution in [3.05, 3.63) is 41.7 Å². The van der Waals surface area contributed by atoms with E-state index in [4.69, 9.17) is 0 Å². The first-order valence-corrected chi connectivity index (χ1v) is 4.74. The van der Waals surface area contributed by atoms with Gasteiger partial charge in [0.2, 0.25) is 0 Å². The highest BCUT2D eigenvalue weighted by Crippen LogP contribution is 2.15. The second-order valence-corrected chi connectivity index (χ2v) is 3.59. The van der Waals surface area contributed by atoms with Crippen LogP contribution in [0.4, 0.5) is 10.1 Å². The Labute approximate surface area is 84.6 Å². The minimum Gasteiger partial charge on any atom is -0.384 e. The van der Waals surface area contributed by atoms with E-state index in [1.807, 2.05) is 13.8 Å². The molecular weight excluding hydrogens is 177 g/mol. The van der Waals surface area contributed by atoms with E-state index in [9.17, 15) is 4.39 Å². The van der Waals surface area contributed by atoms with Crippen LogP contribution in [0.5, 0.6) is 0 Å². The molecule has 0 heterocycles. The van der Waals surface area contributed by atoms with Crippen LogP contribution in [0, 0.1) is 12.7 Å². The molecule has 0 saturated heterocycles. The van der Waals surface area contributed by atoms with Crippen LogP contribution in [0.1, 0.15) is 18.9 Å². The third-order valence-electron chi connectivity index (χ3n) is 2.07. The summed E-state index contributed by atoms with van der Waals surface area (Å²) >= 11 is 0. The number of hydrogen-bond acceptors (Lipinski definition) is 1. The molecule has 1 nitrogen and oxygen atoms in total. The lowest BCUT2D eigenvalue weighted by Gasteiger charge is -2.09. The topological polar surface area (TPSA) is 12.0 Å². The number of anilines is 1. The second-order valence-electron chi connectivity index (χ2n) is 3.59. The molecule has 0 saturated carbocycles. The van der Waals surface area contributed by atoms with Gasteiger partial charge in [0, 0.05) is 12.2 Å². The molecule has 0 fully saturated rings. The van der Waals surface area contributed by atoms with Gasteiger partial charge in [-0.1, -0.05) is 11.6 Å². The number of rotatable bonds is 4. The number of hydrogen-bond donors (Lipinski definition) is 1. The van der Waals surface area contributed by atoms with Gasteiger partial charge in [0.15, 0.2) is 0 Å². The lowest BCUT2D eigenvalue weighted by atomic mass is 10.2. The van der Waals surface area contributed by atoms with Crippen LogP contribution in [0.15, 0.2) is 30.4 Å². The van der Waals surface area contributed by atoms with E-state index in [0.717, 1.165) is 29.8 Å². The van der Waals surface area contributed by atoms with Crippen molar-refractivity contribution in [2.45, 2.75) is 20.3 Å². The highest BCUT2D eigenvalue weighted by molar-refractivity contribution is 5.50. The van der Waals surface area contributed by atoms with Gasteiger partial charge in [0.05, 0.1) is 0 Å². The van der Waals surface area contributed by atoms with E-state index in [2.05, 4.69) is 11.9 Å². The van der Waals surface area contributed by atoms with E-state index in [-0.39, 0.29) is 5.82 Å². The van der Waals surface area contributed by atoms with Crippen molar-refractivity contribution in [2.24, 2.45) is 0 Å². The molecule has 1 rings (SSSR count). The Morgan fingerprint density at radius 3 is 2.86 bits per heavy atom. The molecule has 0 bridgehead atoms. The SMILES string of the molecule is C=C(C)CCNc1cc(F)ccc1C. The van der Waals surface area contributed by atoms with Gasteiger partial charge in [-0.2, -0.15) is 0 Å². The quantitative estimate of drug-likeness (QED) is 0.721. The summed E-state index contributed by atoms with van der Waals surface area (Å²) in [6, 6.07) is 4.77. The third-order valence-corrected chi connectivity index (χ3v) is 2.07. The van der Waals surface area contributed by atoms with E-state index in [1.165, 1.54) is 12.1 Å². The van der Waals surface area contributed by atoms with Gasteiger partial charge in [0.25, 0.3) is 0 Å². The van der Waals surface area contributed by atoms with Crippen LogP contribution in [0.2, 0.25) is 0 Å². The minimum atomic E-state index is -0.201. The number of halogens is 1. The molecule has 2 heteroatoms. The zero-order valence-corrected chi connectivity index (χ0v) is 8.73. The minimum absolute atomic E-state index is 0.201. The molecular formula is C12H16FN. The van der Waals surface area contributed by atoms with Gasteiger partial charge in [-0.25, -0.2) is 4.39 Å². The van der Waals surface area contributed by atoms with Gasteiger partial charge >= 0.3 is 0 Å². The van der Waals surface area contributed by atoms with Gasteiger partial charge in [-0.05, 0) is 38.0 Å². The maximum atomic E-state index is 12.9. The molecule has 0 amide bonds. The molecule has 0 aromatic heterocycles. The Kier molecular flexibility index (Phi) is 3.69.